The largest absolute Gasteiger partial charge is 0.329 e. The summed E-state index contributed by atoms with van der Waals surface area (Å²) in [4.78, 5) is 0. The predicted octanol–water partition coefficient (Wildman–Crippen LogP) is 2.14. The number of nitrogens with one attached hydrogen (secondary N) is 1. The molecular weight excluding hydrogens is 184 g/mol. The van der Waals surface area contributed by atoms with Crippen LogP contribution in [0.15, 0.2) is 0 Å². The molecule has 2 heteroatoms. The van der Waals surface area contributed by atoms with Crippen molar-refractivity contribution in [2.24, 2.45) is 23.5 Å². The lowest BCUT2D eigenvalue weighted by Gasteiger charge is -2.50. The molecule has 0 heterocycles. The van der Waals surface area contributed by atoms with Gasteiger partial charge in [0.15, 0.2) is 0 Å². The SMILES string of the molecule is CC(C)C1CC(CN)(NCCC2CC2)C1. The van der Waals surface area contributed by atoms with Crippen LogP contribution in [0.5, 0.6) is 0 Å². The molecule has 0 amide bonds. The van der Waals surface area contributed by atoms with E-state index in [4.69, 9.17) is 5.73 Å². The zero-order chi connectivity index (χ0) is 10.9. The molecular formula is C13H26N2. The van der Waals surface area contributed by atoms with Gasteiger partial charge in [-0.15, -0.1) is 0 Å². The zero-order valence-electron chi connectivity index (χ0n) is 10.3. The standard InChI is InChI=1S/C13H26N2/c1-10(2)12-7-13(8-12,9-14)15-6-5-11-3-4-11/h10-12,15H,3-9,14H2,1-2H3. The van der Waals surface area contributed by atoms with Crippen molar-refractivity contribution in [2.45, 2.75) is 51.5 Å². The molecule has 0 aromatic heterocycles. The van der Waals surface area contributed by atoms with E-state index in [1.54, 1.807) is 0 Å². The smallest absolute Gasteiger partial charge is 0.0309 e. The van der Waals surface area contributed by atoms with Crippen LogP contribution in [0, 0.1) is 17.8 Å². The Hall–Kier alpha value is -0.0800. The van der Waals surface area contributed by atoms with Crippen molar-refractivity contribution in [1.29, 1.82) is 0 Å². The van der Waals surface area contributed by atoms with E-state index in [0.717, 1.165) is 24.3 Å². The summed E-state index contributed by atoms with van der Waals surface area (Å²) in [6.45, 7) is 6.66. The Bertz CT molecular complexity index is 203. The molecule has 0 aromatic rings. The molecule has 2 nitrogen and oxygen atoms in total. The molecule has 0 atom stereocenters. The molecule has 0 radical (unpaired) electrons. The van der Waals surface area contributed by atoms with Gasteiger partial charge in [-0.05, 0) is 43.6 Å². The molecule has 88 valence electrons. The van der Waals surface area contributed by atoms with Crippen molar-refractivity contribution in [3.63, 3.8) is 0 Å². The van der Waals surface area contributed by atoms with Crippen LogP contribution in [0.1, 0.15) is 46.0 Å². The molecule has 0 aromatic carbocycles. The van der Waals surface area contributed by atoms with Crippen LogP contribution >= 0.6 is 0 Å². The van der Waals surface area contributed by atoms with Crippen molar-refractivity contribution in [3.05, 3.63) is 0 Å². The second kappa shape index (κ2) is 4.42. The molecule has 15 heavy (non-hydrogen) atoms. The normalized spacial score (nSPS) is 35.6. The van der Waals surface area contributed by atoms with Crippen molar-refractivity contribution < 1.29 is 0 Å². The van der Waals surface area contributed by atoms with Crippen LogP contribution in [-0.2, 0) is 0 Å². The van der Waals surface area contributed by atoms with E-state index in [1.165, 1.54) is 38.6 Å². The van der Waals surface area contributed by atoms with E-state index in [1.807, 2.05) is 0 Å². The van der Waals surface area contributed by atoms with Gasteiger partial charge < -0.3 is 11.1 Å². The minimum absolute atomic E-state index is 0.309. The summed E-state index contributed by atoms with van der Waals surface area (Å²) < 4.78 is 0. The van der Waals surface area contributed by atoms with E-state index in [-0.39, 0.29) is 0 Å². The van der Waals surface area contributed by atoms with Gasteiger partial charge in [-0.2, -0.15) is 0 Å². The van der Waals surface area contributed by atoms with E-state index in [0.29, 0.717) is 5.54 Å². The Balaban J connectivity index is 1.68. The Kier molecular flexibility index (Phi) is 3.36. The Morgan fingerprint density at radius 1 is 1.33 bits per heavy atom. The second-order valence-electron chi connectivity index (χ2n) is 6.06. The minimum Gasteiger partial charge on any atom is -0.329 e. The molecule has 0 unspecified atom stereocenters. The fourth-order valence-corrected chi connectivity index (χ4v) is 2.75. The molecule has 3 N–H and O–H groups in total. The van der Waals surface area contributed by atoms with Crippen molar-refractivity contribution in [3.8, 4) is 0 Å². The van der Waals surface area contributed by atoms with Crippen LogP contribution in [0.4, 0.5) is 0 Å². The van der Waals surface area contributed by atoms with Gasteiger partial charge in [0.1, 0.15) is 0 Å². The average Bonchev–Trinajstić information content (AvgIpc) is 2.92. The topological polar surface area (TPSA) is 38.0 Å². The summed E-state index contributed by atoms with van der Waals surface area (Å²) in [6.07, 6.45) is 6.89. The molecule has 2 aliphatic rings. The van der Waals surface area contributed by atoms with Gasteiger partial charge in [0, 0.05) is 12.1 Å². The average molecular weight is 210 g/mol. The van der Waals surface area contributed by atoms with Gasteiger partial charge in [-0.25, -0.2) is 0 Å². The summed E-state index contributed by atoms with van der Waals surface area (Å²) in [5.41, 5.74) is 6.21. The summed E-state index contributed by atoms with van der Waals surface area (Å²) in [5.74, 6) is 2.77. The van der Waals surface area contributed by atoms with Gasteiger partial charge in [-0.3, -0.25) is 0 Å². The lowest BCUT2D eigenvalue weighted by Crippen LogP contribution is -2.61. The maximum absolute atomic E-state index is 5.90. The first-order valence-electron chi connectivity index (χ1n) is 6.60. The fraction of sp³-hybridized carbons (Fsp3) is 1.00. The predicted molar refractivity (Wildman–Crippen MR) is 64.7 cm³/mol. The highest BCUT2D eigenvalue weighted by Gasteiger charge is 2.43. The van der Waals surface area contributed by atoms with E-state index in [2.05, 4.69) is 19.2 Å². The van der Waals surface area contributed by atoms with Gasteiger partial charge in [-0.1, -0.05) is 26.7 Å². The number of hydrogen-bond acceptors (Lipinski definition) is 2. The van der Waals surface area contributed by atoms with E-state index in [9.17, 15) is 0 Å². The number of hydrogen-bond donors (Lipinski definition) is 2. The van der Waals surface area contributed by atoms with Gasteiger partial charge >= 0.3 is 0 Å². The summed E-state index contributed by atoms with van der Waals surface area (Å²) >= 11 is 0. The molecule has 0 bridgehead atoms. The second-order valence-corrected chi connectivity index (χ2v) is 6.06. The molecule has 0 saturated heterocycles. The van der Waals surface area contributed by atoms with Gasteiger partial charge in [0.05, 0.1) is 0 Å². The van der Waals surface area contributed by atoms with Crippen LogP contribution in [0.3, 0.4) is 0 Å². The molecule has 0 spiro atoms. The lowest BCUT2D eigenvalue weighted by atomic mass is 9.64. The highest BCUT2D eigenvalue weighted by atomic mass is 15.0. The first-order chi connectivity index (χ1) is 7.15. The van der Waals surface area contributed by atoms with Gasteiger partial charge in [0.2, 0.25) is 0 Å². The lowest BCUT2D eigenvalue weighted by molar-refractivity contribution is 0.0765. The molecule has 2 fully saturated rings. The third kappa shape index (κ3) is 2.73. The highest BCUT2D eigenvalue weighted by Crippen LogP contribution is 2.41. The minimum atomic E-state index is 0.309. The monoisotopic (exact) mass is 210 g/mol. The molecule has 2 aliphatic carbocycles. The Labute approximate surface area is 94.0 Å². The zero-order valence-corrected chi connectivity index (χ0v) is 10.3. The van der Waals surface area contributed by atoms with Crippen LogP contribution < -0.4 is 11.1 Å². The van der Waals surface area contributed by atoms with Crippen LogP contribution in [-0.4, -0.2) is 18.6 Å². The molecule has 2 rings (SSSR count). The van der Waals surface area contributed by atoms with Crippen molar-refractivity contribution in [2.75, 3.05) is 13.1 Å². The van der Waals surface area contributed by atoms with Gasteiger partial charge in [0.25, 0.3) is 0 Å². The highest BCUT2D eigenvalue weighted by molar-refractivity contribution is 5.02. The van der Waals surface area contributed by atoms with Crippen LogP contribution in [0.25, 0.3) is 0 Å². The Morgan fingerprint density at radius 3 is 2.47 bits per heavy atom. The first-order valence-corrected chi connectivity index (χ1v) is 6.60. The number of nitrogens with two attached hydrogens (primary N) is 1. The van der Waals surface area contributed by atoms with Crippen molar-refractivity contribution in [1.82, 2.24) is 5.32 Å². The Morgan fingerprint density at radius 2 is 2.00 bits per heavy atom. The third-order valence-electron chi connectivity index (χ3n) is 4.39. The third-order valence-corrected chi connectivity index (χ3v) is 4.39. The van der Waals surface area contributed by atoms with E-state index < -0.39 is 0 Å². The summed E-state index contributed by atoms with van der Waals surface area (Å²) in [5, 5.41) is 3.71. The van der Waals surface area contributed by atoms with Crippen molar-refractivity contribution >= 4 is 0 Å². The molecule has 0 aliphatic heterocycles. The van der Waals surface area contributed by atoms with E-state index >= 15 is 0 Å². The first kappa shape index (κ1) is 11.4. The fourth-order valence-electron chi connectivity index (χ4n) is 2.75. The maximum Gasteiger partial charge on any atom is 0.0309 e. The van der Waals surface area contributed by atoms with Crippen LogP contribution in [0.2, 0.25) is 0 Å². The quantitative estimate of drug-likeness (QED) is 0.705. The summed E-state index contributed by atoms with van der Waals surface area (Å²) in [7, 11) is 0. The molecule has 2 saturated carbocycles. The maximum atomic E-state index is 5.90. The number of rotatable bonds is 6. The summed E-state index contributed by atoms with van der Waals surface area (Å²) in [6, 6.07) is 0.